The van der Waals surface area contributed by atoms with Gasteiger partial charge in [0.2, 0.25) is 0 Å². The summed E-state index contributed by atoms with van der Waals surface area (Å²) >= 11 is 4.69. The van der Waals surface area contributed by atoms with Gasteiger partial charge in [0.25, 0.3) is 5.91 Å². The van der Waals surface area contributed by atoms with Crippen molar-refractivity contribution in [1.29, 1.82) is 5.26 Å². The molecule has 2 aromatic rings. The van der Waals surface area contributed by atoms with Gasteiger partial charge in [0, 0.05) is 18.9 Å². The third-order valence-corrected chi connectivity index (χ3v) is 7.61. The largest absolute Gasteiger partial charge is 0.419 e. The number of aromatic nitrogens is 1. The van der Waals surface area contributed by atoms with Gasteiger partial charge in [-0.05, 0) is 61.8 Å². The first-order valence-corrected chi connectivity index (χ1v) is 11.7. The van der Waals surface area contributed by atoms with E-state index in [9.17, 15) is 18.0 Å². The van der Waals surface area contributed by atoms with Crippen molar-refractivity contribution in [2.45, 2.75) is 55.2 Å². The fourth-order valence-electron chi connectivity index (χ4n) is 5.19. The molecule has 1 aromatic carbocycles. The highest BCUT2D eigenvalue weighted by Crippen LogP contribution is 2.50. The van der Waals surface area contributed by atoms with E-state index in [1.807, 2.05) is 17.0 Å². The Morgan fingerprint density at radius 2 is 1.82 bits per heavy atom. The van der Waals surface area contributed by atoms with E-state index in [2.05, 4.69) is 29.7 Å². The summed E-state index contributed by atoms with van der Waals surface area (Å²) in [5, 5.41) is 9.06. The van der Waals surface area contributed by atoms with E-state index in [4.69, 9.17) is 10.00 Å². The third-order valence-electron chi connectivity index (χ3n) is 7.15. The van der Waals surface area contributed by atoms with Crippen molar-refractivity contribution in [3.63, 3.8) is 0 Å². The van der Waals surface area contributed by atoms with Crippen LogP contribution in [0.5, 0.6) is 0 Å². The van der Waals surface area contributed by atoms with Crippen LogP contribution < -0.4 is 9.80 Å². The number of benzene rings is 1. The molecule has 34 heavy (non-hydrogen) atoms. The molecule has 6 nitrogen and oxygen atoms in total. The molecule has 1 spiro atoms. The molecule has 0 N–H and O–H groups in total. The lowest BCUT2D eigenvalue weighted by Gasteiger charge is -2.44. The molecular weight excluding hydrogens is 465 g/mol. The van der Waals surface area contributed by atoms with Crippen molar-refractivity contribution in [1.82, 2.24) is 4.98 Å². The first-order chi connectivity index (χ1) is 16.3. The minimum absolute atomic E-state index is 0.0241. The zero-order valence-corrected chi connectivity index (χ0v) is 19.1. The Balaban J connectivity index is 1.50. The predicted molar refractivity (Wildman–Crippen MR) is 123 cm³/mol. The van der Waals surface area contributed by atoms with Gasteiger partial charge in [-0.3, -0.25) is 9.69 Å². The maximum absolute atomic E-state index is 13.6. The fourth-order valence-corrected chi connectivity index (χ4v) is 5.79. The quantitative estimate of drug-likeness (QED) is 0.626. The molecule has 3 aliphatic rings. The number of hydrogen-bond donors (Lipinski definition) is 1. The first kappa shape index (κ1) is 23.0. The van der Waals surface area contributed by atoms with Crippen LogP contribution in [0.3, 0.4) is 0 Å². The van der Waals surface area contributed by atoms with Crippen LogP contribution in [-0.2, 0) is 15.7 Å². The van der Waals surface area contributed by atoms with Gasteiger partial charge in [0.1, 0.15) is 11.6 Å². The summed E-state index contributed by atoms with van der Waals surface area (Å²) < 4.78 is 46.0. The highest BCUT2D eigenvalue weighted by molar-refractivity contribution is 7.81. The monoisotopic (exact) mass is 488 g/mol. The Labute approximate surface area is 200 Å². The van der Waals surface area contributed by atoms with E-state index in [1.165, 1.54) is 16.5 Å². The Bertz CT molecular complexity index is 1140. The average molecular weight is 489 g/mol. The topological polar surface area (TPSA) is 69.5 Å². The Morgan fingerprint density at radius 3 is 2.38 bits per heavy atom. The molecule has 1 aliphatic carbocycles. The van der Waals surface area contributed by atoms with E-state index >= 15 is 0 Å². The zero-order chi connectivity index (χ0) is 24.1. The summed E-state index contributed by atoms with van der Waals surface area (Å²) in [5.74, 6) is 0.126. The van der Waals surface area contributed by atoms with E-state index in [1.54, 1.807) is 0 Å². The second kappa shape index (κ2) is 8.47. The molecule has 2 aliphatic heterocycles. The number of halogens is 3. The second-order valence-corrected chi connectivity index (χ2v) is 9.42. The summed E-state index contributed by atoms with van der Waals surface area (Å²) in [7, 11) is 0. The van der Waals surface area contributed by atoms with Crippen LogP contribution in [-0.4, -0.2) is 35.1 Å². The number of amides is 1. The summed E-state index contributed by atoms with van der Waals surface area (Å²) in [4.78, 5) is 20.4. The van der Waals surface area contributed by atoms with Crippen LogP contribution in [0.1, 0.15) is 54.8 Å². The van der Waals surface area contributed by atoms with Crippen LogP contribution in [0.2, 0.25) is 0 Å². The standard InChI is InChI=1S/C24H23F3N4O2S/c25-24(26,27)19-12-18(14-29-20(19)13-28)30-21(32)23(8-1-9-23)31(22(30)34)17-4-2-15(3-5-17)16-6-10-33-11-7-16/h2-5,12,14,16,22,34H,1,6-11H2. The predicted octanol–water partition coefficient (Wildman–Crippen LogP) is 4.86. The van der Waals surface area contributed by atoms with Crippen LogP contribution in [0.25, 0.3) is 0 Å². The average Bonchev–Trinajstić information content (AvgIpc) is 3.05. The van der Waals surface area contributed by atoms with Crippen molar-refractivity contribution in [2.75, 3.05) is 23.0 Å². The van der Waals surface area contributed by atoms with Gasteiger partial charge in [-0.2, -0.15) is 18.4 Å². The number of carbonyl (C=O) groups excluding carboxylic acids is 1. The van der Waals surface area contributed by atoms with Gasteiger partial charge in [-0.1, -0.05) is 12.1 Å². The molecule has 10 heteroatoms. The van der Waals surface area contributed by atoms with Crippen molar-refractivity contribution < 1.29 is 22.7 Å². The molecule has 1 atom stereocenters. The van der Waals surface area contributed by atoms with Crippen LogP contribution >= 0.6 is 12.6 Å². The van der Waals surface area contributed by atoms with E-state index in [0.29, 0.717) is 18.8 Å². The van der Waals surface area contributed by atoms with Gasteiger partial charge in [0.15, 0.2) is 11.2 Å². The van der Waals surface area contributed by atoms with Gasteiger partial charge in [-0.15, -0.1) is 12.6 Å². The molecular formula is C24H23F3N4O2S. The summed E-state index contributed by atoms with van der Waals surface area (Å²) in [6.45, 7) is 1.48. The van der Waals surface area contributed by atoms with Gasteiger partial charge in [0.05, 0.1) is 17.4 Å². The van der Waals surface area contributed by atoms with Crippen molar-refractivity contribution in [3.8, 4) is 6.07 Å². The molecule has 0 bridgehead atoms. The number of rotatable bonds is 3. The number of thiol groups is 1. The van der Waals surface area contributed by atoms with E-state index in [-0.39, 0.29) is 11.6 Å². The van der Waals surface area contributed by atoms with Crippen LogP contribution in [0.15, 0.2) is 36.5 Å². The number of carbonyl (C=O) groups is 1. The van der Waals surface area contributed by atoms with Crippen molar-refractivity contribution >= 4 is 29.9 Å². The van der Waals surface area contributed by atoms with Gasteiger partial charge < -0.3 is 9.64 Å². The molecule has 2 saturated heterocycles. The number of anilines is 2. The van der Waals surface area contributed by atoms with E-state index < -0.39 is 28.5 Å². The molecule has 1 saturated carbocycles. The number of ether oxygens (including phenoxy) is 1. The molecule has 1 unspecified atom stereocenters. The molecule has 178 valence electrons. The second-order valence-electron chi connectivity index (χ2n) is 8.95. The highest BCUT2D eigenvalue weighted by atomic mass is 32.1. The minimum Gasteiger partial charge on any atom is -0.381 e. The van der Waals surface area contributed by atoms with Crippen molar-refractivity contribution in [3.05, 3.63) is 53.3 Å². The highest BCUT2D eigenvalue weighted by Gasteiger charge is 2.60. The molecule has 3 fully saturated rings. The Hall–Kier alpha value is -2.77. The molecule has 1 amide bonds. The number of pyridine rings is 1. The summed E-state index contributed by atoms with van der Waals surface area (Å²) in [5.41, 5.74) is -1.57. The normalized spacial score (nSPS) is 22.7. The van der Waals surface area contributed by atoms with Crippen molar-refractivity contribution in [2.24, 2.45) is 0 Å². The maximum atomic E-state index is 13.6. The molecule has 3 heterocycles. The number of alkyl halides is 3. The lowest BCUT2D eigenvalue weighted by atomic mass is 9.75. The fraction of sp³-hybridized carbons (Fsp3) is 0.458. The van der Waals surface area contributed by atoms with Crippen LogP contribution in [0.4, 0.5) is 24.5 Å². The number of nitriles is 1. The lowest BCUT2D eigenvalue weighted by molar-refractivity contribution is -0.138. The van der Waals surface area contributed by atoms with E-state index in [0.717, 1.165) is 50.4 Å². The molecule has 5 rings (SSSR count). The molecule has 0 radical (unpaired) electrons. The zero-order valence-electron chi connectivity index (χ0n) is 18.3. The third kappa shape index (κ3) is 3.62. The Kier molecular flexibility index (Phi) is 5.73. The number of nitrogens with zero attached hydrogens (tertiary/aromatic N) is 4. The Morgan fingerprint density at radius 1 is 1.15 bits per heavy atom. The summed E-state index contributed by atoms with van der Waals surface area (Å²) in [6, 6.07) is 10.3. The minimum atomic E-state index is -4.77. The lowest BCUT2D eigenvalue weighted by Crippen LogP contribution is -2.55. The smallest absolute Gasteiger partial charge is 0.381 e. The van der Waals surface area contributed by atoms with Gasteiger partial charge >= 0.3 is 6.18 Å². The van der Waals surface area contributed by atoms with Gasteiger partial charge in [-0.25, -0.2) is 4.98 Å². The first-order valence-electron chi connectivity index (χ1n) is 11.2. The van der Waals surface area contributed by atoms with Crippen LogP contribution in [0, 0.1) is 11.3 Å². The maximum Gasteiger partial charge on any atom is 0.419 e. The molecule has 1 aromatic heterocycles. The number of hydrogen-bond acceptors (Lipinski definition) is 6. The summed E-state index contributed by atoms with van der Waals surface area (Å²) in [6.07, 6.45) is 0.323. The SMILES string of the molecule is N#Cc1ncc(N2C(=O)C3(CCC3)N(c3ccc(C4CCOCC4)cc3)C2S)cc1C(F)(F)F.